The van der Waals surface area contributed by atoms with E-state index in [9.17, 15) is 0 Å². The lowest BCUT2D eigenvalue weighted by molar-refractivity contribution is 0.216. The van der Waals surface area contributed by atoms with Gasteiger partial charge in [-0.25, -0.2) is 4.99 Å². The normalized spacial score (nSPS) is 17.4. The molecule has 126 valence electrons. The first-order chi connectivity index (χ1) is 12.2. The Labute approximate surface area is 148 Å². The van der Waals surface area contributed by atoms with Crippen molar-refractivity contribution >= 4 is 22.4 Å². The highest BCUT2D eigenvalue weighted by atomic mass is 15.3. The van der Waals surface area contributed by atoms with Crippen molar-refractivity contribution in [2.75, 3.05) is 33.2 Å². The van der Waals surface area contributed by atoms with Gasteiger partial charge in [-0.15, -0.1) is 0 Å². The smallest absolute Gasteiger partial charge is 0.138 e. The molecule has 0 bridgehead atoms. The van der Waals surface area contributed by atoms with Crippen molar-refractivity contribution in [1.82, 2.24) is 14.4 Å². The van der Waals surface area contributed by atoms with Gasteiger partial charge in [-0.1, -0.05) is 18.2 Å². The number of rotatable bonds is 0. The van der Waals surface area contributed by atoms with Crippen LogP contribution in [0.4, 0.5) is 5.69 Å². The molecule has 25 heavy (non-hydrogen) atoms. The highest BCUT2D eigenvalue weighted by Gasteiger charge is 2.25. The summed E-state index contributed by atoms with van der Waals surface area (Å²) in [4.78, 5) is 10.00. The zero-order valence-corrected chi connectivity index (χ0v) is 14.7. The Hall–Kier alpha value is -2.59. The van der Waals surface area contributed by atoms with Gasteiger partial charge in [-0.3, -0.25) is 0 Å². The number of fused-ring (bicyclic) bond motifs is 2. The molecule has 0 spiro atoms. The van der Waals surface area contributed by atoms with Crippen LogP contribution in [-0.2, 0) is 0 Å². The maximum Gasteiger partial charge on any atom is 0.138 e. The monoisotopic (exact) mass is 330 g/mol. The first-order valence-electron chi connectivity index (χ1n) is 8.94. The van der Waals surface area contributed by atoms with Crippen LogP contribution in [0.15, 0.2) is 53.7 Å². The highest BCUT2D eigenvalue weighted by molar-refractivity contribution is 6.11. The third-order valence-electron chi connectivity index (χ3n) is 5.37. The summed E-state index contributed by atoms with van der Waals surface area (Å²) in [5.74, 6) is 1.11. The number of hydrogen-bond donors (Lipinski definition) is 0. The molecule has 0 amide bonds. The Balaban J connectivity index is 1.78. The van der Waals surface area contributed by atoms with E-state index in [1.54, 1.807) is 0 Å². The van der Waals surface area contributed by atoms with E-state index in [0.717, 1.165) is 43.4 Å². The summed E-state index contributed by atoms with van der Waals surface area (Å²) in [5.41, 5.74) is 5.97. The lowest BCUT2D eigenvalue weighted by Crippen LogP contribution is -2.47. The van der Waals surface area contributed by atoms with Crippen LogP contribution in [0.25, 0.3) is 16.6 Å². The number of benzene rings is 2. The van der Waals surface area contributed by atoms with Crippen LogP contribution in [0, 0.1) is 6.92 Å². The van der Waals surface area contributed by atoms with Crippen LogP contribution in [0.3, 0.4) is 0 Å². The maximum atomic E-state index is 5.16. The van der Waals surface area contributed by atoms with Crippen LogP contribution in [0.1, 0.15) is 11.1 Å². The van der Waals surface area contributed by atoms with E-state index in [4.69, 9.17) is 4.99 Å². The molecule has 0 aliphatic carbocycles. The zero-order valence-electron chi connectivity index (χ0n) is 14.7. The number of aromatic nitrogens is 1. The van der Waals surface area contributed by atoms with Gasteiger partial charge in [0.05, 0.1) is 16.9 Å². The molecule has 2 aromatic carbocycles. The number of likely N-dealkylation sites (N-methyl/N-ethyl adjacent to an activating group) is 1. The maximum absolute atomic E-state index is 5.16. The Morgan fingerprint density at radius 3 is 2.64 bits per heavy atom. The molecular formula is C21H22N4. The summed E-state index contributed by atoms with van der Waals surface area (Å²) in [7, 11) is 2.19. The van der Waals surface area contributed by atoms with Gasteiger partial charge in [0, 0.05) is 43.3 Å². The minimum atomic E-state index is 1.02. The standard InChI is InChI=1S/C21H22N4/c1-15-6-7-19-18(14-15)22-21(24-12-10-23(2)11-13-24)17-5-3-4-16-8-9-25(19)20(16)17/h3-9,14H,10-13H2,1-2H3. The van der Waals surface area contributed by atoms with E-state index in [2.05, 4.69) is 77.0 Å². The summed E-state index contributed by atoms with van der Waals surface area (Å²) < 4.78 is 2.30. The summed E-state index contributed by atoms with van der Waals surface area (Å²) >= 11 is 0. The fourth-order valence-electron chi connectivity index (χ4n) is 3.94. The van der Waals surface area contributed by atoms with E-state index >= 15 is 0 Å². The predicted molar refractivity (Wildman–Crippen MR) is 103 cm³/mol. The Kier molecular flexibility index (Phi) is 3.22. The van der Waals surface area contributed by atoms with E-state index in [1.807, 2.05) is 0 Å². The number of aliphatic imine (C=N–C) groups is 1. The molecule has 2 aliphatic rings. The van der Waals surface area contributed by atoms with Crippen molar-refractivity contribution in [3.8, 4) is 5.69 Å². The number of para-hydroxylation sites is 1. The highest BCUT2D eigenvalue weighted by Crippen LogP contribution is 2.35. The van der Waals surface area contributed by atoms with Crippen molar-refractivity contribution in [3.63, 3.8) is 0 Å². The molecule has 0 atom stereocenters. The van der Waals surface area contributed by atoms with Crippen molar-refractivity contribution in [3.05, 3.63) is 59.8 Å². The minimum absolute atomic E-state index is 1.02. The van der Waals surface area contributed by atoms with Crippen LogP contribution in [0.5, 0.6) is 0 Å². The van der Waals surface area contributed by atoms with Crippen LogP contribution >= 0.6 is 0 Å². The Morgan fingerprint density at radius 1 is 0.960 bits per heavy atom. The van der Waals surface area contributed by atoms with Crippen LogP contribution in [0.2, 0.25) is 0 Å². The van der Waals surface area contributed by atoms with Gasteiger partial charge in [0.15, 0.2) is 0 Å². The topological polar surface area (TPSA) is 23.8 Å². The molecule has 1 fully saturated rings. The number of aryl methyl sites for hydroxylation is 1. The summed E-state index contributed by atoms with van der Waals surface area (Å²) in [6.45, 7) is 6.34. The minimum Gasteiger partial charge on any atom is -0.353 e. The first-order valence-corrected chi connectivity index (χ1v) is 8.94. The van der Waals surface area contributed by atoms with Crippen molar-refractivity contribution in [2.45, 2.75) is 6.92 Å². The Bertz CT molecular complexity index is 990. The molecule has 3 aromatic rings. The molecule has 0 radical (unpaired) electrons. The van der Waals surface area contributed by atoms with Crippen molar-refractivity contribution in [2.24, 2.45) is 4.99 Å². The third kappa shape index (κ3) is 2.29. The van der Waals surface area contributed by atoms with Crippen LogP contribution < -0.4 is 0 Å². The number of piperazine rings is 1. The van der Waals surface area contributed by atoms with Crippen LogP contribution in [-0.4, -0.2) is 53.4 Å². The molecule has 0 saturated carbocycles. The number of nitrogens with zero attached hydrogens (tertiary/aromatic N) is 4. The summed E-state index contributed by atoms with van der Waals surface area (Å²) in [6, 6.07) is 15.3. The predicted octanol–water partition coefficient (Wildman–Crippen LogP) is 3.58. The quantitative estimate of drug-likeness (QED) is 0.629. The van der Waals surface area contributed by atoms with Crippen molar-refractivity contribution < 1.29 is 0 Å². The first kappa shape index (κ1) is 14.7. The molecule has 4 nitrogen and oxygen atoms in total. The average molecular weight is 330 g/mol. The summed E-state index contributed by atoms with van der Waals surface area (Å²) in [6.07, 6.45) is 2.17. The molecule has 2 aliphatic heterocycles. The number of amidine groups is 1. The molecule has 3 heterocycles. The third-order valence-corrected chi connectivity index (χ3v) is 5.37. The van der Waals surface area contributed by atoms with E-state index in [1.165, 1.54) is 22.0 Å². The number of hydrogen-bond acceptors (Lipinski definition) is 3. The largest absolute Gasteiger partial charge is 0.353 e. The van der Waals surface area contributed by atoms with Gasteiger partial charge >= 0.3 is 0 Å². The van der Waals surface area contributed by atoms with Gasteiger partial charge < -0.3 is 14.4 Å². The second-order valence-corrected chi connectivity index (χ2v) is 7.15. The van der Waals surface area contributed by atoms with Gasteiger partial charge in [0.1, 0.15) is 5.84 Å². The SMILES string of the molecule is Cc1ccc2c(c1)N=C(N1CCN(C)CC1)c1cccc3ccn-2c13. The molecule has 1 saturated heterocycles. The van der Waals surface area contributed by atoms with Gasteiger partial charge in [0.2, 0.25) is 0 Å². The molecule has 4 heteroatoms. The fourth-order valence-corrected chi connectivity index (χ4v) is 3.94. The van der Waals surface area contributed by atoms with Gasteiger partial charge in [-0.05, 0) is 43.8 Å². The van der Waals surface area contributed by atoms with E-state index in [0.29, 0.717) is 0 Å². The zero-order chi connectivity index (χ0) is 17.0. The molecule has 0 unspecified atom stereocenters. The molecular weight excluding hydrogens is 308 g/mol. The Morgan fingerprint density at radius 2 is 1.80 bits per heavy atom. The van der Waals surface area contributed by atoms with Crippen molar-refractivity contribution in [1.29, 1.82) is 0 Å². The fraction of sp³-hybridized carbons (Fsp3) is 0.286. The second-order valence-electron chi connectivity index (χ2n) is 7.15. The molecule has 0 N–H and O–H groups in total. The lowest BCUT2D eigenvalue weighted by atomic mass is 10.1. The summed E-state index contributed by atoms with van der Waals surface area (Å²) in [5, 5.41) is 1.27. The van der Waals surface area contributed by atoms with E-state index in [-0.39, 0.29) is 0 Å². The lowest BCUT2D eigenvalue weighted by Gasteiger charge is -2.34. The van der Waals surface area contributed by atoms with E-state index < -0.39 is 0 Å². The van der Waals surface area contributed by atoms with Gasteiger partial charge in [-0.2, -0.15) is 0 Å². The average Bonchev–Trinajstić information content (AvgIpc) is 2.99. The second kappa shape index (κ2) is 5.46. The molecule has 5 rings (SSSR count). The molecule has 1 aromatic heterocycles. The van der Waals surface area contributed by atoms with Gasteiger partial charge in [0.25, 0.3) is 0 Å².